The first-order chi connectivity index (χ1) is 12.4. The monoisotopic (exact) mass is 410 g/mol. The van der Waals surface area contributed by atoms with Gasteiger partial charge in [0.25, 0.3) is 11.8 Å². The lowest BCUT2D eigenvalue weighted by molar-refractivity contribution is 0.0538. The van der Waals surface area contributed by atoms with E-state index >= 15 is 0 Å². The van der Waals surface area contributed by atoms with Gasteiger partial charge < -0.3 is 9.80 Å². The molecule has 1 saturated heterocycles. The summed E-state index contributed by atoms with van der Waals surface area (Å²) < 4.78 is 0. The quantitative estimate of drug-likeness (QED) is 0.745. The molecule has 26 heavy (non-hydrogen) atoms. The molecule has 2 aromatic rings. The molecule has 4 nitrogen and oxygen atoms in total. The van der Waals surface area contributed by atoms with E-state index < -0.39 is 0 Å². The molecule has 0 bridgehead atoms. The van der Waals surface area contributed by atoms with Crippen LogP contribution >= 0.6 is 34.5 Å². The Morgan fingerprint density at radius 1 is 1.04 bits per heavy atom. The number of carbonyl (C=O) groups is 2. The lowest BCUT2D eigenvalue weighted by atomic mass is 10.1. The zero-order valence-corrected chi connectivity index (χ0v) is 17.0. The topological polar surface area (TPSA) is 40.6 Å². The zero-order valence-electron chi connectivity index (χ0n) is 14.7. The minimum absolute atomic E-state index is 0.0504. The number of aryl methyl sites for hydroxylation is 2. The minimum atomic E-state index is -0.126. The molecular formula is C19H20Cl2N2O2S. The fourth-order valence-electron chi connectivity index (χ4n) is 3.08. The fraction of sp³-hybridized carbons (Fsp3) is 0.368. The Morgan fingerprint density at radius 2 is 1.65 bits per heavy atom. The highest BCUT2D eigenvalue weighted by molar-refractivity contribution is 7.14. The summed E-state index contributed by atoms with van der Waals surface area (Å²) >= 11 is 13.6. The van der Waals surface area contributed by atoms with Crippen LogP contribution in [0.3, 0.4) is 0 Å². The first kappa shape index (κ1) is 19.2. The van der Waals surface area contributed by atoms with Gasteiger partial charge in [0.15, 0.2) is 0 Å². The lowest BCUT2D eigenvalue weighted by Gasteiger charge is -2.34. The number of halogens is 2. The molecular weight excluding hydrogens is 391 g/mol. The molecule has 1 aliphatic rings. The molecule has 2 heterocycles. The summed E-state index contributed by atoms with van der Waals surface area (Å²) in [6.07, 6.45) is 0.938. The molecule has 0 N–H and O–H groups in total. The minimum Gasteiger partial charge on any atom is -0.335 e. The third kappa shape index (κ3) is 3.90. The van der Waals surface area contributed by atoms with Gasteiger partial charge in [-0.15, -0.1) is 11.3 Å². The van der Waals surface area contributed by atoms with E-state index in [1.165, 1.54) is 10.4 Å². The van der Waals surface area contributed by atoms with Crippen molar-refractivity contribution in [2.45, 2.75) is 20.3 Å². The van der Waals surface area contributed by atoms with E-state index in [-0.39, 0.29) is 11.8 Å². The van der Waals surface area contributed by atoms with Crippen LogP contribution in [0.5, 0.6) is 0 Å². The standard InChI is InChI=1S/C19H20Cl2N2O2S/c1-3-16-12(2)10-17(26-16)19(25)23-8-6-22(7-9-23)18(24)14-5-4-13(20)11-15(14)21/h4-5,10-11H,3,6-9H2,1-2H3. The van der Waals surface area contributed by atoms with Crippen molar-refractivity contribution in [3.05, 3.63) is 55.2 Å². The van der Waals surface area contributed by atoms with Crippen molar-refractivity contribution < 1.29 is 9.59 Å². The van der Waals surface area contributed by atoms with Gasteiger partial charge in [-0.3, -0.25) is 9.59 Å². The number of carbonyl (C=O) groups excluding carboxylic acids is 2. The van der Waals surface area contributed by atoms with Gasteiger partial charge >= 0.3 is 0 Å². The van der Waals surface area contributed by atoms with Crippen LogP contribution in [0.15, 0.2) is 24.3 Å². The van der Waals surface area contributed by atoms with E-state index in [1.807, 2.05) is 17.9 Å². The Bertz CT molecular complexity index is 842. The van der Waals surface area contributed by atoms with Gasteiger partial charge in [-0.25, -0.2) is 0 Å². The number of nitrogens with zero attached hydrogens (tertiary/aromatic N) is 2. The molecule has 0 spiro atoms. The molecule has 0 saturated carbocycles. The van der Waals surface area contributed by atoms with Crippen LogP contribution in [-0.2, 0) is 6.42 Å². The Hall–Kier alpha value is -1.56. The number of hydrogen-bond acceptors (Lipinski definition) is 3. The van der Waals surface area contributed by atoms with Crippen LogP contribution < -0.4 is 0 Å². The maximum atomic E-state index is 12.7. The molecule has 0 atom stereocenters. The summed E-state index contributed by atoms with van der Waals surface area (Å²) in [5.74, 6) is -0.0755. The maximum Gasteiger partial charge on any atom is 0.264 e. The van der Waals surface area contributed by atoms with Crippen molar-refractivity contribution in [3.8, 4) is 0 Å². The molecule has 2 amide bonds. The van der Waals surface area contributed by atoms with E-state index in [4.69, 9.17) is 23.2 Å². The van der Waals surface area contributed by atoms with Gasteiger partial charge in [-0.1, -0.05) is 30.1 Å². The summed E-state index contributed by atoms with van der Waals surface area (Å²) in [6.45, 7) is 6.17. The highest BCUT2D eigenvalue weighted by Crippen LogP contribution is 2.25. The first-order valence-electron chi connectivity index (χ1n) is 8.53. The summed E-state index contributed by atoms with van der Waals surface area (Å²) in [7, 11) is 0. The SMILES string of the molecule is CCc1sc(C(=O)N2CCN(C(=O)c3ccc(Cl)cc3Cl)CC2)cc1C. The predicted octanol–water partition coefficient (Wildman–Crippen LogP) is 4.52. The van der Waals surface area contributed by atoms with Gasteiger partial charge in [0.05, 0.1) is 15.5 Å². The average molecular weight is 411 g/mol. The Morgan fingerprint density at radius 3 is 2.19 bits per heavy atom. The molecule has 1 aromatic heterocycles. The number of amides is 2. The van der Waals surface area contributed by atoms with E-state index in [0.29, 0.717) is 41.8 Å². The molecule has 0 radical (unpaired) electrons. The molecule has 138 valence electrons. The van der Waals surface area contributed by atoms with Gasteiger partial charge in [0.1, 0.15) is 0 Å². The molecule has 3 rings (SSSR count). The van der Waals surface area contributed by atoms with Crippen molar-refractivity contribution in [2.75, 3.05) is 26.2 Å². The van der Waals surface area contributed by atoms with Crippen LogP contribution in [-0.4, -0.2) is 47.8 Å². The Balaban J connectivity index is 1.65. The van der Waals surface area contributed by atoms with E-state index in [1.54, 1.807) is 34.4 Å². The normalized spacial score (nSPS) is 14.6. The van der Waals surface area contributed by atoms with Gasteiger partial charge in [-0.05, 0) is 43.2 Å². The van der Waals surface area contributed by atoms with Crippen molar-refractivity contribution in [2.24, 2.45) is 0 Å². The van der Waals surface area contributed by atoms with Gasteiger partial charge in [-0.2, -0.15) is 0 Å². The average Bonchev–Trinajstić information content (AvgIpc) is 3.01. The largest absolute Gasteiger partial charge is 0.335 e. The lowest BCUT2D eigenvalue weighted by Crippen LogP contribution is -2.50. The molecule has 7 heteroatoms. The molecule has 0 aliphatic carbocycles. The summed E-state index contributed by atoms with van der Waals surface area (Å²) in [5, 5.41) is 0.849. The first-order valence-corrected chi connectivity index (χ1v) is 10.1. The molecule has 0 unspecified atom stereocenters. The van der Waals surface area contributed by atoms with Crippen LogP contribution in [0.4, 0.5) is 0 Å². The third-order valence-corrected chi connectivity index (χ3v) is 6.49. The van der Waals surface area contributed by atoms with E-state index in [0.717, 1.165) is 11.3 Å². The second kappa shape index (κ2) is 7.99. The van der Waals surface area contributed by atoms with Crippen LogP contribution in [0.2, 0.25) is 10.0 Å². The second-order valence-corrected chi connectivity index (χ2v) is 8.26. The van der Waals surface area contributed by atoms with E-state index in [9.17, 15) is 9.59 Å². The van der Waals surface area contributed by atoms with Crippen LogP contribution in [0.1, 0.15) is 37.4 Å². The van der Waals surface area contributed by atoms with Gasteiger partial charge in [0.2, 0.25) is 0 Å². The van der Waals surface area contributed by atoms with E-state index in [2.05, 4.69) is 6.92 Å². The third-order valence-electron chi connectivity index (χ3n) is 4.57. The summed E-state index contributed by atoms with van der Waals surface area (Å²) in [4.78, 5) is 31.0. The molecule has 1 aromatic carbocycles. The highest BCUT2D eigenvalue weighted by Gasteiger charge is 2.27. The van der Waals surface area contributed by atoms with Crippen molar-refractivity contribution in [1.82, 2.24) is 9.80 Å². The van der Waals surface area contributed by atoms with Gasteiger partial charge in [0, 0.05) is 36.1 Å². The number of thiophene rings is 1. The summed E-state index contributed by atoms with van der Waals surface area (Å²) in [5.41, 5.74) is 1.62. The van der Waals surface area contributed by atoms with Crippen molar-refractivity contribution in [3.63, 3.8) is 0 Å². The smallest absolute Gasteiger partial charge is 0.264 e. The molecule has 1 fully saturated rings. The number of rotatable bonds is 3. The number of piperazine rings is 1. The van der Waals surface area contributed by atoms with Crippen molar-refractivity contribution >= 4 is 46.4 Å². The Labute approximate surface area is 167 Å². The highest BCUT2D eigenvalue weighted by atomic mass is 35.5. The number of benzene rings is 1. The van der Waals surface area contributed by atoms with Crippen LogP contribution in [0, 0.1) is 6.92 Å². The second-order valence-electron chi connectivity index (χ2n) is 6.28. The predicted molar refractivity (Wildman–Crippen MR) is 107 cm³/mol. The molecule has 1 aliphatic heterocycles. The zero-order chi connectivity index (χ0) is 18.8. The maximum absolute atomic E-state index is 12.7. The fourth-order valence-corrected chi connectivity index (χ4v) is 4.65. The summed E-state index contributed by atoms with van der Waals surface area (Å²) in [6, 6.07) is 6.84. The van der Waals surface area contributed by atoms with Crippen molar-refractivity contribution in [1.29, 1.82) is 0 Å². The van der Waals surface area contributed by atoms with Crippen LogP contribution in [0.25, 0.3) is 0 Å². The number of hydrogen-bond donors (Lipinski definition) is 0. The Kier molecular flexibility index (Phi) is 5.90.